The minimum Gasteiger partial charge on any atom is -0.377 e. The van der Waals surface area contributed by atoms with Crippen molar-refractivity contribution in [2.75, 3.05) is 34.5 Å². The fourth-order valence-corrected chi connectivity index (χ4v) is 4.37. The molecule has 0 bridgehead atoms. The van der Waals surface area contributed by atoms with Crippen molar-refractivity contribution in [2.24, 2.45) is 0 Å². The lowest BCUT2D eigenvalue weighted by Crippen LogP contribution is -2.40. The Morgan fingerprint density at radius 2 is 1.33 bits per heavy atom. The molecule has 1 N–H and O–H groups in total. The van der Waals surface area contributed by atoms with Crippen LogP contribution < -0.4 is 0 Å². The van der Waals surface area contributed by atoms with Crippen molar-refractivity contribution < 1.29 is 46.9 Å². The van der Waals surface area contributed by atoms with Crippen molar-refractivity contribution >= 4 is 23.5 Å². The lowest BCUT2D eigenvalue weighted by atomic mass is 9.93. The molecule has 2 heterocycles. The maximum Gasteiger partial charge on any atom is 0.472 e. The summed E-state index contributed by atoms with van der Waals surface area (Å²) in [6.45, 7) is 5.40. The van der Waals surface area contributed by atoms with Gasteiger partial charge in [-0.2, -0.15) is 0 Å². The maximum atomic E-state index is 12.6. The molecule has 2 rings (SSSR count). The minimum atomic E-state index is -4.55. The lowest BCUT2D eigenvalue weighted by molar-refractivity contribution is -0.0840. The zero-order valence-corrected chi connectivity index (χ0v) is 19.2. The second-order valence-corrected chi connectivity index (χ2v) is 9.54. The first-order valence-corrected chi connectivity index (χ1v) is 11.1. The number of ether oxygens (including phenoxy) is 6. The molecule has 0 saturated carbocycles. The van der Waals surface area contributed by atoms with Gasteiger partial charge in [-0.25, -0.2) is 4.57 Å². The van der Waals surface area contributed by atoms with Gasteiger partial charge in [0, 0.05) is 33.3 Å². The molecule has 0 aliphatic carbocycles. The molecule has 170 valence electrons. The standard InChI is InChI=1S/C17H31B2O10P/c1-17(2,3)25-7-9-12(14(24-6)16(19)27-9)29-30(20,21)26-8-10-11(22-4)13(23-5)15(18)28-10/h9-16H,7-8H2,1-6H3,(H,20,21). The summed E-state index contributed by atoms with van der Waals surface area (Å²) < 4.78 is 55.9. The van der Waals surface area contributed by atoms with Crippen LogP contribution in [0.4, 0.5) is 0 Å². The lowest BCUT2D eigenvalue weighted by Gasteiger charge is -2.28. The summed E-state index contributed by atoms with van der Waals surface area (Å²) in [5, 5.41) is 0. The molecule has 0 spiro atoms. The third-order valence-electron chi connectivity index (χ3n) is 4.85. The zero-order chi connectivity index (χ0) is 22.7. The van der Waals surface area contributed by atoms with E-state index in [9.17, 15) is 9.46 Å². The van der Waals surface area contributed by atoms with Crippen LogP contribution in [0.15, 0.2) is 0 Å². The molecule has 0 aromatic carbocycles. The Kier molecular flexibility index (Phi) is 9.40. The van der Waals surface area contributed by atoms with E-state index in [1.807, 2.05) is 20.8 Å². The van der Waals surface area contributed by atoms with Gasteiger partial charge in [0.2, 0.25) is 0 Å². The number of phosphoric ester groups is 1. The third-order valence-corrected chi connectivity index (χ3v) is 5.83. The van der Waals surface area contributed by atoms with Gasteiger partial charge < -0.3 is 33.3 Å². The van der Waals surface area contributed by atoms with Gasteiger partial charge in [0.1, 0.15) is 52.3 Å². The number of hydrogen-bond donors (Lipinski definition) is 1. The van der Waals surface area contributed by atoms with Crippen molar-refractivity contribution in [2.45, 2.75) is 75.0 Å². The first-order chi connectivity index (χ1) is 13.9. The van der Waals surface area contributed by atoms with Gasteiger partial charge in [-0.05, 0) is 20.8 Å². The Bertz CT molecular complexity index is 591. The Hall–Kier alpha value is -0.000130. The highest BCUT2D eigenvalue weighted by Crippen LogP contribution is 2.48. The summed E-state index contributed by atoms with van der Waals surface area (Å²) >= 11 is 0. The molecule has 0 amide bonds. The van der Waals surface area contributed by atoms with E-state index in [1.54, 1.807) is 0 Å². The fraction of sp³-hybridized carbons (Fsp3) is 1.00. The van der Waals surface area contributed by atoms with Gasteiger partial charge in [0.15, 0.2) is 0 Å². The SMILES string of the molecule is [B]C1OC(COP(=O)(O)OC2C(COC(C)(C)C)OC([B])C2OC)C(OC)C1OC. The predicted molar refractivity (Wildman–Crippen MR) is 108 cm³/mol. The molecule has 4 radical (unpaired) electrons. The van der Waals surface area contributed by atoms with Gasteiger partial charge in [-0.15, -0.1) is 0 Å². The number of rotatable bonds is 10. The van der Waals surface area contributed by atoms with Crippen LogP contribution in [0.1, 0.15) is 20.8 Å². The van der Waals surface area contributed by atoms with Crippen LogP contribution in [0.3, 0.4) is 0 Å². The first-order valence-electron chi connectivity index (χ1n) is 9.62. The van der Waals surface area contributed by atoms with E-state index in [1.165, 1.54) is 21.3 Å². The smallest absolute Gasteiger partial charge is 0.377 e. The Morgan fingerprint density at radius 1 is 0.867 bits per heavy atom. The molecule has 10 nitrogen and oxygen atoms in total. The second-order valence-electron chi connectivity index (χ2n) is 8.14. The number of phosphoric acid groups is 1. The molecule has 30 heavy (non-hydrogen) atoms. The van der Waals surface area contributed by atoms with Crippen molar-refractivity contribution in [3.63, 3.8) is 0 Å². The van der Waals surface area contributed by atoms with Crippen LogP contribution in [0, 0.1) is 0 Å². The second kappa shape index (κ2) is 10.7. The number of hydrogen-bond acceptors (Lipinski definition) is 9. The molecular formula is C17H31B2O10P. The van der Waals surface area contributed by atoms with E-state index < -0.39 is 62.1 Å². The summed E-state index contributed by atoms with van der Waals surface area (Å²) in [4.78, 5) is 10.3. The Balaban J connectivity index is 2.01. The molecule has 13 heteroatoms. The average molecular weight is 448 g/mol. The van der Waals surface area contributed by atoms with E-state index in [0.29, 0.717) is 0 Å². The van der Waals surface area contributed by atoms with E-state index in [4.69, 9.17) is 53.2 Å². The van der Waals surface area contributed by atoms with E-state index in [0.717, 1.165) is 0 Å². The molecule has 2 aliphatic rings. The topological polar surface area (TPSA) is 111 Å². The average Bonchev–Trinajstić information content (AvgIpc) is 3.12. The van der Waals surface area contributed by atoms with Crippen molar-refractivity contribution in [3.8, 4) is 0 Å². The van der Waals surface area contributed by atoms with Gasteiger partial charge in [0.05, 0.1) is 18.8 Å². The van der Waals surface area contributed by atoms with Crippen LogP contribution in [0.5, 0.6) is 0 Å². The zero-order valence-electron chi connectivity index (χ0n) is 18.3. The van der Waals surface area contributed by atoms with Crippen molar-refractivity contribution in [1.82, 2.24) is 0 Å². The molecule has 2 aliphatic heterocycles. The first kappa shape index (κ1) is 26.3. The summed E-state index contributed by atoms with van der Waals surface area (Å²) in [6, 6.07) is -1.62. The Morgan fingerprint density at radius 3 is 1.80 bits per heavy atom. The number of methoxy groups -OCH3 is 3. The van der Waals surface area contributed by atoms with Crippen LogP contribution in [-0.4, -0.2) is 109 Å². The summed E-state index contributed by atoms with van der Waals surface area (Å²) in [5.41, 5.74) is -0.450. The van der Waals surface area contributed by atoms with Gasteiger partial charge in [-0.3, -0.25) is 9.05 Å². The molecule has 9 atom stereocenters. The predicted octanol–water partition coefficient (Wildman–Crippen LogP) is 0.136. The third kappa shape index (κ3) is 6.75. The monoisotopic (exact) mass is 448 g/mol. The van der Waals surface area contributed by atoms with E-state index >= 15 is 0 Å². The van der Waals surface area contributed by atoms with Crippen molar-refractivity contribution in [3.05, 3.63) is 0 Å². The molecule has 2 fully saturated rings. The summed E-state index contributed by atoms with van der Waals surface area (Å²) in [5.74, 6) is 0. The van der Waals surface area contributed by atoms with Gasteiger partial charge in [0.25, 0.3) is 0 Å². The normalized spacial score (nSPS) is 39.3. The van der Waals surface area contributed by atoms with Gasteiger partial charge >= 0.3 is 7.82 Å². The maximum absolute atomic E-state index is 12.6. The quantitative estimate of drug-likeness (QED) is 0.366. The molecule has 0 aromatic rings. The van der Waals surface area contributed by atoms with E-state index in [-0.39, 0.29) is 13.2 Å². The molecular weight excluding hydrogens is 417 g/mol. The van der Waals surface area contributed by atoms with Crippen LogP contribution in [0.25, 0.3) is 0 Å². The summed E-state index contributed by atoms with van der Waals surface area (Å²) in [7, 11) is 11.6. The molecule has 2 saturated heterocycles. The fourth-order valence-electron chi connectivity index (χ4n) is 3.41. The summed E-state index contributed by atoms with van der Waals surface area (Å²) in [6.07, 6.45) is -4.34. The molecule has 9 unspecified atom stereocenters. The Labute approximate surface area is 180 Å². The van der Waals surface area contributed by atoms with Gasteiger partial charge in [-0.1, -0.05) is 0 Å². The van der Waals surface area contributed by atoms with Crippen LogP contribution in [-0.2, 0) is 42.0 Å². The highest BCUT2D eigenvalue weighted by molar-refractivity contribution is 7.47. The van der Waals surface area contributed by atoms with Crippen molar-refractivity contribution in [1.29, 1.82) is 0 Å². The highest BCUT2D eigenvalue weighted by atomic mass is 31.2. The van der Waals surface area contributed by atoms with Crippen LogP contribution >= 0.6 is 7.82 Å². The molecule has 0 aromatic heterocycles. The highest BCUT2D eigenvalue weighted by Gasteiger charge is 2.48. The largest absolute Gasteiger partial charge is 0.472 e. The van der Waals surface area contributed by atoms with E-state index in [2.05, 4.69) is 0 Å². The van der Waals surface area contributed by atoms with Crippen LogP contribution in [0.2, 0.25) is 0 Å². The minimum absolute atomic E-state index is 0.0869.